The Kier molecular flexibility index (Phi) is 2.87. The minimum atomic E-state index is 0.873. The van der Waals surface area contributed by atoms with Gasteiger partial charge in [0.1, 0.15) is 5.75 Å². The molecule has 0 aliphatic carbocycles. The highest BCUT2D eigenvalue weighted by atomic mass is 32.1. The van der Waals surface area contributed by atoms with E-state index in [4.69, 9.17) is 4.74 Å². The van der Waals surface area contributed by atoms with Crippen LogP contribution < -0.4 is 10.1 Å². The Hall–Kier alpha value is -1.55. The summed E-state index contributed by atoms with van der Waals surface area (Å²) in [5, 5.41) is 3.11. The maximum atomic E-state index is 5.32. The molecule has 0 spiro atoms. The van der Waals surface area contributed by atoms with Crippen molar-refractivity contribution < 1.29 is 4.74 Å². The van der Waals surface area contributed by atoms with E-state index in [1.165, 1.54) is 0 Å². The lowest BCUT2D eigenvalue weighted by Gasteiger charge is -2.08. The van der Waals surface area contributed by atoms with Gasteiger partial charge in [-0.2, -0.15) is 0 Å². The summed E-state index contributed by atoms with van der Waals surface area (Å²) in [6.45, 7) is 0. The van der Waals surface area contributed by atoms with Crippen molar-refractivity contribution in [2.75, 3.05) is 19.5 Å². The minimum Gasteiger partial charge on any atom is -0.496 e. The van der Waals surface area contributed by atoms with Crippen molar-refractivity contribution in [1.82, 2.24) is 4.98 Å². The summed E-state index contributed by atoms with van der Waals surface area (Å²) in [6.07, 6.45) is 1.85. The molecule has 0 bridgehead atoms. The number of ether oxygens (including phenoxy) is 1. The van der Waals surface area contributed by atoms with Crippen LogP contribution in [0.4, 0.5) is 5.69 Å². The lowest BCUT2D eigenvalue weighted by molar-refractivity contribution is 0.416. The molecule has 1 N–H and O–H groups in total. The lowest BCUT2D eigenvalue weighted by Crippen LogP contribution is -1.91. The van der Waals surface area contributed by atoms with Crippen LogP contribution in [0.15, 0.2) is 29.9 Å². The van der Waals surface area contributed by atoms with Crippen molar-refractivity contribution in [1.29, 1.82) is 0 Å². The number of rotatable bonds is 3. The molecule has 1 aromatic carbocycles. The molecule has 2 aromatic rings. The molecule has 0 amide bonds. The molecule has 0 saturated heterocycles. The first-order chi connectivity index (χ1) is 7.35. The van der Waals surface area contributed by atoms with Crippen LogP contribution in [-0.4, -0.2) is 19.1 Å². The molecular formula is C11H12N2OS. The summed E-state index contributed by atoms with van der Waals surface area (Å²) < 4.78 is 5.32. The zero-order valence-corrected chi connectivity index (χ0v) is 9.47. The Bertz CT molecular complexity index is 440. The molecule has 2 rings (SSSR count). The summed E-state index contributed by atoms with van der Waals surface area (Å²) in [5.41, 5.74) is 3.96. The Morgan fingerprint density at radius 3 is 2.87 bits per heavy atom. The third-order valence-electron chi connectivity index (χ3n) is 2.19. The number of hydrogen-bond acceptors (Lipinski definition) is 4. The highest BCUT2D eigenvalue weighted by molar-refractivity contribution is 7.13. The second-order valence-electron chi connectivity index (χ2n) is 3.03. The second kappa shape index (κ2) is 4.31. The van der Waals surface area contributed by atoms with Gasteiger partial charge in [0.15, 0.2) is 0 Å². The van der Waals surface area contributed by atoms with Gasteiger partial charge in [-0.15, -0.1) is 11.3 Å². The predicted molar refractivity (Wildman–Crippen MR) is 63.6 cm³/mol. The smallest absolute Gasteiger partial charge is 0.127 e. The minimum absolute atomic E-state index is 0.873. The van der Waals surface area contributed by atoms with Gasteiger partial charge in [0.05, 0.1) is 17.5 Å². The van der Waals surface area contributed by atoms with Crippen molar-refractivity contribution >= 4 is 17.0 Å². The molecule has 0 unspecified atom stereocenters. The summed E-state index contributed by atoms with van der Waals surface area (Å²) in [5.74, 6) is 0.873. The average molecular weight is 220 g/mol. The van der Waals surface area contributed by atoms with Crippen molar-refractivity contribution in [3.05, 3.63) is 29.9 Å². The van der Waals surface area contributed by atoms with Crippen molar-refractivity contribution in [2.24, 2.45) is 0 Å². The first-order valence-electron chi connectivity index (χ1n) is 4.60. The molecule has 3 nitrogen and oxygen atoms in total. The average Bonchev–Trinajstić information content (AvgIpc) is 2.81. The van der Waals surface area contributed by atoms with Crippen molar-refractivity contribution in [3.63, 3.8) is 0 Å². The largest absolute Gasteiger partial charge is 0.496 e. The zero-order valence-electron chi connectivity index (χ0n) is 8.65. The van der Waals surface area contributed by atoms with Crippen LogP contribution in [0.5, 0.6) is 5.75 Å². The molecular weight excluding hydrogens is 208 g/mol. The molecule has 0 atom stereocenters. The van der Waals surface area contributed by atoms with Crippen LogP contribution in [0.1, 0.15) is 0 Å². The Labute approximate surface area is 92.7 Å². The first-order valence-corrected chi connectivity index (χ1v) is 5.47. The number of nitrogens with one attached hydrogen (secondary N) is 1. The Morgan fingerprint density at radius 1 is 1.40 bits per heavy atom. The van der Waals surface area contributed by atoms with Gasteiger partial charge in [-0.3, -0.25) is 4.98 Å². The fourth-order valence-electron chi connectivity index (χ4n) is 1.40. The fourth-order valence-corrected chi connectivity index (χ4v) is 2.05. The number of nitrogens with zero attached hydrogens (tertiary/aromatic N) is 1. The number of thiazole rings is 1. The molecule has 1 aromatic heterocycles. The summed E-state index contributed by atoms with van der Waals surface area (Å²) in [7, 11) is 3.58. The number of anilines is 1. The lowest BCUT2D eigenvalue weighted by atomic mass is 10.1. The van der Waals surface area contributed by atoms with Crippen LogP contribution in [0.3, 0.4) is 0 Å². The quantitative estimate of drug-likeness (QED) is 0.863. The standard InChI is InChI=1S/C11H12N2OS/c1-12-8-3-4-10(14-2)9(5-8)11-6-13-7-15-11/h3-7,12H,1-2H3. The van der Waals surface area contributed by atoms with Gasteiger partial charge >= 0.3 is 0 Å². The van der Waals surface area contributed by atoms with Gasteiger partial charge in [-0.05, 0) is 18.2 Å². The van der Waals surface area contributed by atoms with Gasteiger partial charge in [0.2, 0.25) is 0 Å². The van der Waals surface area contributed by atoms with E-state index in [2.05, 4.69) is 16.4 Å². The molecule has 1 heterocycles. The number of hydrogen-bond donors (Lipinski definition) is 1. The van der Waals surface area contributed by atoms with Crippen LogP contribution in [0.25, 0.3) is 10.4 Å². The summed E-state index contributed by atoms with van der Waals surface area (Å²) >= 11 is 1.61. The Balaban J connectivity index is 2.52. The predicted octanol–water partition coefficient (Wildman–Crippen LogP) is 2.86. The van der Waals surface area contributed by atoms with Crippen LogP contribution in [0.2, 0.25) is 0 Å². The number of benzene rings is 1. The van der Waals surface area contributed by atoms with E-state index in [9.17, 15) is 0 Å². The van der Waals surface area contributed by atoms with Gasteiger partial charge in [-0.1, -0.05) is 0 Å². The molecule has 0 radical (unpaired) electrons. The van der Waals surface area contributed by atoms with E-state index < -0.39 is 0 Å². The van der Waals surface area contributed by atoms with E-state index in [1.54, 1.807) is 18.4 Å². The number of methoxy groups -OCH3 is 1. The van der Waals surface area contributed by atoms with Gasteiger partial charge in [0, 0.05) is 24.5 Å². The van der Waals surface area contributed by atoms with Crippen LogP contribution in [0, 0.1) is 0 Å². The normalized spacial score (nSPS) is 10.0. The third kappa shape index (κ3) is 1.94. The van der Waals surface area contributed by atoms with Gasteiger partial charge < -0.3 is 10.1 Å². The summed E-state index contributed by atoms with van der Waals surface area (Å²) in [6, 6.07) is 6.01. The monoisotopic (exact) mass is 220 g/mol. The number of aromatic nitrogens is 1. The zero-order chi connectivity index (χ0) is 10.7. The summed E-state index contributed by atoms with van der Waals surface area (Å²) in [4.78, 5) is 5.19. The van der Waals surface area contributed by atoms with E-state index >= 15 is 0 Å². The maximum absolute atomic E-state index is 5.32. The maximum Gasteiger partial charge on any atom is 0.127 e. The third-order valence-corrected chi connectivity index (χ3v) is 2.99. The first kappa shape index (κ1) is 9.98. The van der Waals surface area contributed by atoms with Crippen molar-refractivity contribution in [3.8, 4) is 16.2 Å². The van der Waals surface area contributed by atoms with Crippen LogP contribution in [-0.2, 0) is 0 Å². The molecule has 0 aliphatic heterocycles. The topological polar surface area (TPSA) is 34.1 Å². The van der Waals surface area contributed by atoms with E-state index in [0.717, 1.165) is 21.9 Å². The van der Waals surface area contributed by atoms with E-state index in [1.807, 2.05) is 30.9 Å². The fraction of sp³-hybridized carbons (Fsp3) is 0.182. The van der Waals surface area contributed by atoms with E-state index in [0.29, 0.717) is 0 Å². The highest BCUT2D eigenvalue weighted by Gasteiger charge is 2.07. The molecule has 15 heavy (non-hydrogen) atoms. The Morgan fingerprint density at radius 2 is 2.27 bits per heavy atom. The highest BCUT2D eigenvalue weighted by Crippen LogP contribution is 2.34. The molecule has 4 heteroatoms. The molecule has 0 saturated carbocycles. The van der Waals surface area contributed by atoms with Gasteiger partial charge in [-0.25, -0.2) is 0 Å². The van der Waals surface area contributed by atoms with Crippen LogP contribution >= 0.6 is 11.3 Å². The molecule has 0 fully saturated rings. The van der Waals surface area contributed by atoms with Crippen molar-refractivity contribution in [2.45, 2.75) is 0 Å². The molecule has 78 valence electrons. The molecule has 0 aliphatic rings. The second-order valence-corrected chi connectivity index (χ2v) is 3.92. The van der Waals surface area contributed by atoms with Gasteiger partial charge in [0.25, 0.3) is 0 Å². The SMILES string of the molecule is CNc1ccc(OC)c(-c2cncs2)c1. The van der Waals surface area contributed by atoms with E-state index in [-0.39, 0.29) is 0 Å².